The second-order valence-corrected chi connectivity index (χ2v) is 25.0. The third-order valence-corrected chi connectivity index (χ3v) is 21.6. The van der Waals surface area contributed by atoms with Crippen LogP contribution in [0.25, 0.3) is 0 Å². The number of carboxylic acids is 1. The zero-order valence-corrected chi connectivity index (χ0v) is 35.9. The molecule has 0 aromatic carbocycles. The highest BCUT2D eigenvalue weighted by molar-refractivity contribution is 7.91. The molecule has 8 rings (SSSR count). The number of hydrogen-bond donors (Lipinski definition) is 2. The fourth-order valence-corrected chi connectivity index (χ4v) is 17.3. The van der Waals surface area contributed by atoms with Gasteiger partial charge in [-0.05, 0) is 160 Å². The van der Waals surface area contributed by atoms with E-state index in [-0.39, 0.29) is 39.8 Å². The maximum atomic E-state index is 13.6. The molecule has 306 valence electrons. The average molecular weight is 771 g/mol. The average Bonchev–Trinajstić information content (AvgIpc) is 3.71. The van der Waals surface area contributed by atoms with E-state index in [1.165, 1.54) is 64.2 Å². The van der Waals surface area contributed by atoms with Crippen LogP contribution in [0.3, 0.4) is 0 Å². The molecular formula is C45H74N2O6S. The first kappa shape index (κ1) is 39.6. The quantitative estimate of drug-likeness (QED) is 0.179. The van der Waals surface area contributed by atoms with Gasteiger partial charge in [0.05, 0.1) is 23.3 Å². The fourth-order valence-electron chi connectivity index (χ4n) is 16.0. The van der Waals surface area contributed by atoms with E-state index in [0.717, 1.165) is 50.1 Å². The first-order valence-corrected chi connectivity index (χ1v) is 24.1. The van der Waals surface area contributed by atoms with Crippen LogP contribution in [0, 0.1) is 73.9 Å². The van der Waals surface area contributed by atoms with E-state index in [2.05, 4.69) is 51.8 Å². The Kier molecular flexibility index (Phi) is 9.47. The number of rotatable bonds is 9. The highest BCUT2D eigenvalue weighted by atomic mass is 32.2. The number of carbonyl (C=O) groups is 2. The summed E-state index contributed by atoms with van der Waals surface area (Å²) in [6.45, 7) is 22.7. The van der Waals surface area contributed by atoms with Gasteiger partial charge in [0.1, 0.15) is 6.10 Å². The summed E-state index contributed by atoms with van der Waals surface area (Å²) in [5, 5.41) is 14.0. The molecular weight excluding hydrogens is 697 g/mol. The lowest BCUT2D eigenvalue weighted by Gasteiger charge is -2.73. The number of ether oxygens (including phenoxy) is 1. The lowest BCUT2D eigenvalue weighted by Crippen LogP contribution is -2.69. The summed E-state index contributed by atoms with van der Waals surface area (Å²) in [5.41, 5.74) is 0.829. The molecule has 54 heavy (non-hydrogen) atoms. The Bertz CT molecular complexity index is 1610. The maximum absolute atomic E-state index is 13.6. The van der Waals surface area contributed by atoms with Crippen molar-refractivity contribution in [2.75, 3.05) is 37.7 Å². The number of hydrogen-bond acceptors (Lipinski definition) is 7. The predicted octanol–water partition coefficient (Wildman–Crippen LogP) is 7.99. The SMILES string of the molecule is CC1([C@@H]2CC[C@]3(NCCCN4CCS(=O)(=O)CC4)CC[C@]4(C)[C@H](CC[C@@H]5[C@@]6(C)CC[C@H](OC(=O)[C@H]7C[C@@H](C(=O)O)C7(C)C)C(C)(C)[C@@H]6CC[C@]54C)[C@@H]23)CC1. The maximum Gasteiger partial charge on any atom is 0.309 e. The molecule has 0 bridgehead atoms. The van der Waals surface area contributed by atoms with Crippen LogP contribution in [0.4, 0.5) is 0 Å². The minimum atomic E-state index is -2.84. The van der Waals surface area contributed by atoms with Crippen LogP contribution < -0.4 is 5.32 Å². The van der Waals surface area contributed by atoms with E-state index in [1.807, 2.05) is 13.8 Å². The summed E-state index contributed by atoms with van der Waals surface area (Å²) in [5.74, 6) is 2.26. The van der Waals surface area contributed by atoms with Gasteiger partial charge in [-0.3, -0.25) is 9.59 Å². The molecule has 0 unspecified atom stereocenters. The summed E-state index contributed by atoms with van der Waals surface area (Å²) >= 11 is 0. The van der Waals surface area contributed by atoms with Crippen LogP contribution in [0.2, 0.25) is 0 Å². The lowest BCUT2D eigenvalue weighted by atomic mass is 9.32. The van der Waals surface area contributed by atoms with Crippen molar-refractivity contribution in [2.45, 2.75) is 157 Å². The van der Waals surface area contributed by atoms with E-state index >= 15 is 0 Å². The Balaban J connectivity index is 0.983. The molecule has 0 spiro atoms. The van der Waals surface area contributed by atoms with E-state index in [9.17, 15) is 23.1 Å². The monoisotopic (exact) mass is 771 g/mol. The Morgan fingerprint density at radius 3 is 2.09 bits per heavy atom. The van der Waals surface area contributed by atoms with Gasteiger partial charge >= 0.3 is 11.9 Å². The highest BCUT2D eigenvalue weighted by Crippen LogP contribution is 2.78. The van der Waals surface area contributed by atoms with Gasteiger partial charge in [-0.2, -0.15) is 0 Å². The largest absolute Gasteiger partial charge is 0.481 e. The fraction of sp³-hybridized carbons (Fsp3) is 0.956. The zero-order valence-electron chi connectivity index (χ0n) is 35.1. The van der Waals surface area contributed by atoms with Crippen molar-refractivity contribution in [3.63, 3.8) is 0 Å². The van der Waals surface area contributed by atoms with E-state index in [4.69, 9.17) is 4.74 Å². The van der Waals surface area contributed by atoms with Crippen LogP contribution in [0.15, 0.2) is 0 Å². The van der Waals surface area contributed by atoms with Crippen LogP contribution in [0.5, 0.6) is 0 Å². The van der Waals surface area contributed by atoms with Gasteiger partial charge in [-0.15, -0.1) is 0 Å². The summed E-state index contributed by atoms with van der Waals surface area (Å²) in [6, 6.07) is 0. The van der Waals surface area contributed by atoms with Gasteiger partial charge in [0.2, 0.25) is 0 Å². The number of esters is 1. The normalized spacial score (nSPS) is 48.2. The molecule has 12 atom stereocenters. The standard InChI is InChI=1S/C45H74N2O6S/c1-39(2)31(37(48)49)28-32(39)38(50)53-35-14-15-42(6)33(40(35,3)4)13-16-44(8)34(42)11-10-30-36-29(41(5)18-19-41)12-17-45(36,21-20-43(30,44)7)46-22-9-23-47-24-26-54(51,52)27-25-47/h29-36,46H,9-28H2,1-8H3,(H,48,49)/t29-,30-,31+,32-,33+,34-,35+,36-,42+,43-,44-,45+/m1/s1. The summed E-state index contributed by atoms with van der Waals surface area (Å²) in [4.78, 5) is 27.8. The molecule has 1 heterocycles. The van der Waals surface area contributed by atoms with Gasteiger partial charge in [0, 0.05) is 24.0 Å². The molecule has 0 aromatic rings. The van der Waals surface area contributed by atoms with Gasteiger partial charge in [-0.25, -0.2) is 8.42 Å². The predicted molar refractivity (Wildman–Crippen MR) is 212 cm³/mol. The number of nitrogens with zero attached hydrogens (tertiary/aromatic N) is 1. The van der Waals surface area contributed by atoms with E-state index in [0.29, 0.717) is 53.7 Å². The molecule has 0 radical (unpaired) electrons. The number of aliphatic carboxylic acids is 1. The minimum Gasteiger partial charge on any atom is -0.481 e. The molecule has 9 heteroatoms. The molecule has 0 amide bonds. The van der Waals surface area contributed by atoms with Crippen molar-refractivity contribution >= 4 is 21.8 Å². The van der Waals surface area contributed by atoms with Gasteiger partial charge in [0.25, 0.3) is 0 Å². The van der Waals surface area contributed by atoms with Crippen LogP contribution in [-0.2, 0) is 24.2 Å². The van der Waals surface area contributed by atoms with E-state index in [1.54, 1.807) is 0 Å². The molecule has 7 saturated carbocycles. The zero-order chi connectivity index (χ0) is 38.9. The highest BCUT2D eigenvalue weighted by Gasteiger charge is 2.72. The number of carboxylic acid groups (broad SMARTS) is 1. The third kappa shape index (κ3) is 5.85. The Labute approximate surface area is 327 Å². The molecule has 2 N–H and O–H groups in total. The minimum absolute atomic E-state index is 0.123. The lowest BCUT2D eigenvalue weighted by molar-refractivity contribution is -0.249. The summed E-state index contributed by atoms with van der Waals surface area (Å²) in [7, 11) is -2.84. The Hall–Kier alpha value is -1.19. The number of nitrogens with one attached hydrogen (secondary N) is 1. The number of sulfone groups is 1. The van der Waals surface area contributed by atoms with Crippen LogP contribution >= 0.6 is 0 Å². The molecule has 0 aromatic heterocycles. The number of fused-ring (bicyclic) bond motifs is 7. The smallest absolute Gasteiger partial charge is 0.309 e. The second kappa shape index (κ2) is 12.9. The molecule has 1 saturated heterocycles. The van der Waals surface area contributed by atoms with Crippen molar-refractivity contribution in [3.8, 4) is 0 Å². The third-order valence-electron chi connectivity index (χ3n) is 20.0. The molecule has 8 nitrogen and oxygen atoms in total. The molecule has 7 aliphatic carbocycles. The van der Waals surface area contributed by atoms with Crippen molar-refractivity contribution in [1.82, 2.24) is 10.2 Å². The van der Waals surface area contributed by atoms with Crippen molar-refractivity contribution in [1.29, 1.82) is 0 Å². The number of carbonyl (C=O) groups excluding carboxylic acids is 1. The summed E-state index contributed by atoms with van der Waals surface area (Å²) in [6.07, 6.45) is 16.5. The Morgan fingerprint density at radius 1 is 0.741 bits per heavy atom. The van der Waals surface area contributed by atoms with Crippen molar-refractivity contribution < 1.29 is 27.9 Å². The van der Waals surface area contributed by atoms with Crippen molar-refractivity contribution in [3.05, 3.63) is 0 Å². The molecule has 8 fully saturated rings. The first-order valence-electron chi connectivity index (χ1n) is 22.2. The van der Waals surface area contributed by atoms with Crippen LogP contribution in [0.1, 0.15) is 145 Å². The Morgan fingerprint density at radius 2 is 1.44 bits per heavy atom. The van der Waals surface area contributed by atoms with E-state index < -0.39 is 27.1 Å². The second-order valence-electron chi connectivity index (χ2n) is 22.7. The first-order chi connectivity index (χ1) is 25.1. The van der Waals surface area contributed by atoms with Gasteiger partial charge in [0.15, 0.2) is 9.84 Å². The van der Waals surface area contributed by atoms with Crippen LogP contribution in [-0.4, -0.2) is 79.7 Å². The van der Waals surface area contributed by atoms with Gasteiger partial charge in [-0.1, -0.05) is 55.4 Å². The molecule has 8 aliphatic rings. The topological polar surface area (TPSA) is 113 Å². The van der Waals surface area contributed by atoms with Gasteiger partial charge < -0.3 is 20.1 Å². The summed E-state index contributed by atoms with van der Waals surface area (Å²) < 4.78 is 30.4. The van der Waals surface area contributed by atoms with Crippen molar-refractivity contribution in [2.24, 2.45) is 73.9 Å². The molecule has 1 aliphatic heterocycles.